The Morgan fingerprint density at radius 1 is 0.732 bits per heavy atom. The van der Waals surface area contributed by atoms with E-state index in [1.807, 2.05) is 51.1 Å². The number of halogens is 4. The fourth-order valence-electron chi connectivity index (χ4n) is 5.69. The second-order valence-corrected chi connectivity index (χ2v) is 15.4. The van der Waals surface area contributed by atoms with Gasteiger partial charge < -0.3 is 47.4 Å². The van der Waals surface area contributed by atoms with Crippen LogP contribution in [0.25, 0.3) is 0 Å². The Bertz CT molecular complexity index is 1960. The number of urea groups is 3. The molecule has 0 saturated heterocycles. The summed E-state index contributed by atoms with van der Waals surface area (Å²) in [4.78, 5) is 36.4. The maximum absolute atomic E-state index is 13.9. The van der Waals surface area contributed by atoms with Crippen molar-refractivity contribution in [1.29, 1.82) is 0 Å². The molecule has 56 heavy (non-hydrogen) atoms. The molecular formula is C40H47Cl3FN7O5. The number of carbonyl (C=O) groups excluding carboxylic acids is 3. The van der Waals surface area contributed by atoms with Crippen LogP contribution in [0.15, 0.2) is 72.8 Å². The van der Waals surface area contributed by atoms with Gasteiger partial charge in [0.2, 0.25) is 0 Å². The molecule has 0 unspecified atom stereocenters. The quantitative estimate of drug-likeness (QED) is 0.0568. The Balaban J connectivity index is 0.000000249. The molecule has 1 aliphatic rings. The first-order valence-electron chi connectivity index (χ1n) is 18.0. The van der Waals surface area contributed by atoms with Crippen LogP contribution >= 0.6 is 34.8 Å². The van der Waals surface area contributed by atoms with E-state index in [-0.39, 0.29) is 62.1 Å². The highest BCUT2D eigenvalue weighted by molar-refractivity contribution is 6.33. The van der Waals surface area contributed by atoms with Crippen LogP contribution in [0.2, 0.25) is 15.1 Å². The molecule has 9 N–H and O–H groups in total. The monoisotopic (exact) mass is 829 g/mol. The molecule has 300 valence electrons. The van der Waals surface area contributed by atoms with Gasteiger partial charge in [0.15, 0.2) is 11.5 Å². The number of nitrogens with one attached hydrogen (secondary N) is 7. The van der Waals surface area contributed by atoms with Gasteiger partial charge in [-0.25, -0.2) is 18.8 Å². The largest absolute Gasteiger partial charge is 0.504 e. The van der Waals surface area contributed by atoms with Gasteiger partial charge in [-0.1, -0.05) is 90.5 Å². The van der Waals surface area contributed by atoms with Crippen LogP contribution in [0.4, 0.5) is 41.5 Å². The van der Waals surface area contributed by atoms with Crippen LogP contribution in [0.3, 0.4) is 0 Å². The Kier molecular flexibility index (Phi) is 16.1. The van der Waals surface area contributed by atoms with Crippen molar-refractivity contribution >= 4 is 75.6 Å². The zero-order valence-corrected chi connectivity index (χ0v) is 33.6. The van der Waals surface area contributed by atoms with E-state index >= 15 is 0 Å². The number of rotatable bonds is 10. The first-order valence-corrected chi connectivity index (χ1v) is 19.2. The van der Waals surface area contributed by atoms with E-state index in [0.717, 1.165) is 31.2 Å². The van der Waals surface area contributed by atoms with Gasteiger partial charge in [0.25, 0.3) is 0 Å². The summed E-state index contributed by atoms with van der Waals surface area (Å²) in [7, 11) is 0. The van der Waals surface area contributed by atoms with Crippen molar-refractivity contribution in [2.75, 3.05) is 27.8 Å². The molecule has 4 aromatic carbocycles. The number of carbonyl (C=O) groups is 3. The van der Waals surface area contributed by atoms with Crippen LogP contribution in [0.5, 0.6) is 11.5 Å². The van der Waals surface area contributed by atoms with Gasteiger partial charge in [0.1, 0.15) is 5.82 Å². The van der Waals surface area contributed by atoms with Crippen molar-refractivity contribution in [1.82, 2.24) is 16.0 Å². The molecule has 16 heteroatoms. The highest BCUT2D eigenvalue weighted by atomic mass is 35.5. The molecule has 5 rings (SSSR count). The SMILES string of the molecule is CC(C)(C)NC(=O)Nc1cc(NC(=O)NCCc2ccccc2)cc(Cl)c1O.O=C(Nc1cc(Cl)c(O)c(NCc2c(F)cccc2Cl)c1)NC1CCCCC1. The number of anilines is 4. The first kappa shape index (κ1) is 43.6. The summed E-state index contributed by atoms with van der Waals surface area (Å²) in [6, 6.07) is 19.0. The van der Waals surface area contributed by atoms with E-state index in [2.05, 4.69) is 37.2 Å². The number of aromatic hydroxyl groups is 2. The third-order valence-corrected chi connectivity index (χ3v) is 9.31. The summed E-state index contributed by atoms with van der Waals surface area (Å²) in [5.41, 5.74) is 2.05. The Morgan fingerprint density at radius 2 is 1.34 bits per heavy atom. The topological polar surface area (TPSA) is 176 Å². The minimum Gasteiger partial charge on any atom is -0.504 e. The lowest BCUT2D eigenvalue weighted by atomic mass is 9.96. The van der Waals surface area contributed by atoms with Gasteiger partial charge in [0.05, 0.1) is 21.4 Å². The molecule has 1 fully saturated rings. The number of hydrogen-bond acceptors (Lipinski definition) is 6. The van der Waals surface area contributed by atoms with Gasteiger partial charge in [0, 0.05) is 46.6 Å². The third-order valence-electron chi connectivity index (χ3n) is 8.38. The minimum atomic E-state index is -0.497. The molecule has 0 bridgehead atoms. The summed E-state index contributed by atoms with van der Waals surface area (Å²) >= 11 is 18.1. The molecule has 1 aliphatic carbocycles. The lowest BCUT2D eigenvalue weighted by Gasteiger charge is -2.23. The fraction of sp³-hybridized carbons (Fsp3) is 0.325. The van der Waals surface area contributed by atoms with Crippen LogP contribution in [0, 0.1) is 5.82 Å². The first-order chi connectivity index (χ1) is 26.6. The average molecular weight is 831 g/mol. The summed E-state index contributed by atoms with van der Waals surface area (Å²) in [5, 5.41) is 39.8. The summed E-state index contributed by atoms with van der Waals surface area (Å²) in [6.07, 6.45) is 6.07. The standard InChI is InChI=1S/C20H22Cl2FN3O2.C20H25ClN4O3/c21-15-7-4-8-17(23)14(15)11-24-18-10-13(9-16(22)19(18)27)26-20(28)25-12-5-2-1-3-6-12;1-20(2,3)25-19(28)24-16-12-14(11-15(21)17(16)26)23-18(27)22-10-9-13-7-5-4-6-8-13/h4,7-10,12,24,27H,1-3,5-6,11H2,(H2,25,26,28);4-8,11-12,26H,9-10H2,1-3H3,(H2,22,23,27)(H2,24,25,28). The van der Waals surface area contributed by atoms with Crippen molar-refractivity contribution in [2.24, 2.45) is 0 Å². The lowest BCUT2D eigenvalue weighted by Crippen LogP contribution is -2.43. The average Bonchev–Trinajstić information content (AvgIpc) is 3.12. The predicted octanol–water partition coefficient (Wildman–Crippen LogP) is 10.2. The molecular weight excluding hydrogens is 784 g/mol. The van der Waals surface area contributed by atoms with E-state index in [9.17, 15) is 29.0 Å². The van der Waals surface area contributed by atoms with E-state index in [0.29, 0.717) is 24.3 Å². The van der Waals surface area contributed by atoms with Crippen molar-refractivity contribution in [2.45, 2.75) is 77.4 Å². The molecule has 12 nitrogen and oxygen atoms in total. The van der Waals surface area contributed by atoms with Gasteiger partial charge in [-0.05, 0) is 82.0 Å². The van der Waals surface area contributed by atoms with E-state index < -0.39 is 23.4 Å². The van der Waals surface area contributed by atoms with E-state index in [1.165, 1.54) is 42.8 Å². The van der Waals surface area contributed by atoms with Crippen LogP contribution in [0.1, 0.15) is 64.0 Å². The van der Waals surface area contributed by atoms with Crippen LogP contribution < -0.4 is 37.2 Å². The number of hydrogen-bond donors (Lipinski definition) is 9. The molecule has 0 spiro atoms. The highest BCUT2D eigenvalue weighted by Gasteiger charge is 2.19. The maximum atomic E-state index is 13.9. The highest BCUT2D eigenvalue weighted by Crippen LogP contribution is 2.37. The zero-order chi connectivity index (χ0) is 40.8. The number of amides is 6. The third kappa shape index (κ3) is 14.2. The Hall–Kier alpha value is -5.11. The number of phenols is 2. The molecule has 1 saturated carbocycles. The molecule has 0 heterocycles. The minimum absolute atomic E-state index is 0.00754. The second kappa shape index (κ2) is 20.7. The van der Waals surface area contributed by atoms with Crippen molar-refractivity contribution in [3.63, 3.8) is 0 Å². The van der Waals surface area contributed by atoms with E-state index in [1.54, 1.807) is 6.07 Å². The van der Waals surface area contributed by atoms with Crippen molar-refractivity contribution in [3.05, 3.63) is 105 Å². The molecule has 0 aromatic heterocycles. The maximum Gasteiger partial charge on any atom is 0.319 e. The summed E-state index contributed by atoms with van der Waals surface area (Å²) < 4.78 is 13.9. The zero-order valence-electron chi connectivity index (χ0n) is 31.3. The summed E-state index contributed by atoms with van der Waals surface area (Å²) in [6.45, 7) is 6.00. The van der Waals surface area contributed by atoms with Crippen LogP contribution in [-0.2, 0) is 13.0 Å². The van der Waals surface area contributed by atoms with Gasteiger partial charge in [-0.15, -0.1) is 0 Å². The molecule has 0 aliphatic heterocycles. The fourth-order valence-corrected chi connectivity index (χ4v) is 6.36. The molecule has 4 aromatic rings. The van der Waals surface area contributed by atoms with Crippen molar-refractivity contribution < 1.29 is 29.0 Å². The summed E-state index contributed by atoms with van der Waals surface area (Å²) in [5.74, 6) is -0.917. The number of phenolic OH excluding ortho intramolecular Hbond substituents is 2. The smallest absolute Gasteiger partial charge is 0.319 e. The van der Waals surface area contributed by atoms with E-state index in [4.69, 9.17) is 34.8 Å². The number of benzene rings is 4. The van der Waals surface area contributed by atoms with Gasteiger partial charge >= 0.3 is 18.1 Å². The van der Waals surface area contributed by atoms with Gasteiger partial charge in [-0.2, -0.15) is 0 Å². The van der Waals surface area contributed by atoms with Crippen LogP contribution in [-0.4, -0.2) is 46.4 Å². The Morgan fingerprint density at radius 3 is 1.96 bits per heavy atom. The van der Waals surface area contributed by atoms with Crippen molar-refractivity contribution in [3.8, 4) is 11.5 Å². The van der Waals surface area contributed by atoms with Gasteiger partial charge in [-0.3, -0.25) is 0 Å². The lowest BCUT2D eigenvalue weighted by molar-refractivity contribution is 0.243. The second-order valence-electron chi connectivity index (χ2n) is 14.1. The molecule has 0 atom stereocenters. The Labute approximate surface area is 340 Å². The predicted molar refractivity (Wildman–Crippen MR) is 223 cm³/mol. The molecule has 0 radical (unpaired) electrons. The molecule has 6 amide bonds. The normalized spacial score (nSPS) is 12.7.